The summed E-state index contributed by atoms with van der Waals surface area (Å²) in [6.45, 7) is 13.9. The van der Waals surface area contributed by atoms with Crippen LogP contribution in [0.1, 0.15) is 66.2 Å². The molecule has 2 aliphatic heterocycles. The summed E-state index contributed by atoms with van der Waals surface area (Å²) in [6, 6.07) is 0. The lowest BCUT2D eigenvalue weighted by Gasteiger charge is -2.48. The second-order valence-corrected chi connectivity index (χ2v) is 11.3. The van der Waals surface area contributed by atoms with Crippen molar-refractivity contribution >= 4 is 11.8 Å². The average molecular weight is 407 g/mol. The summed E-state index contributed by atoms with van der Waals surface area (Å²) < 4.78 is 0. The van der Waals surface area contributed by atoms with E-state index in [2.05, 4.69) is 61.4 Å². The molecule has 0 aromatic heterocycles. The highest BCUT2D eigenvalue weighted by Crippen LogP contribution is 2.45. The van der Waals surface area contributed by atoms with E-state index in [1.54, 1.807) is 0 Å². The molecule has 2 saturated heterocycles. The molecule has 1 saturated carbocycles. The summed E-state index contributed by atoms with van der Waals surface area (Å²) in [5.41, 5.74) is -0.437. The van der Waals surface area contributed by atoms with E-state index in [1.807, 2.05) is 0 Å². The Morgan fingerprint density at radius 3 is 1.41 bits per heavy atom. The molecule has 0 bridgehead atoms. The lowest BCUT2D eigenvalue weighted by molar-refractivity contribution is -0.146. The largest absolute Gasteiger partial charge is 0.335 e. The quantitative estimate of drug-likeness (QED) is 0.719. The maximum Gasteiger partial charge on any atom is 0.223 e. The lowest BCUT2D eigenvalue weighted by atomic mass is 9.77. The summed E-state index contributed by atoms with van der Waals surface area (Å²) in [5, 5.41) is 0. The number of likely N-dealkylation sites (N-methyl/N-ethyl adjacent to an activating group) is 2. The Labute approximate surface area is 177 Å². The Morgan fingerprint density at radius 1 is 0.690 bits per heavy atom. The number of nitrogens with zero attached hydrogens (tertiary/aromatic N) is 4. The van der Waals surface area contributed by atoms with Crippen molar-refractivity contribution in [3.63, 3.8) is 0 Å². The van der Waals surface area contributed by atoms with Crippen LogP contribution in [-0.4, -0.2) is 95.9 Å². The van der Waals surface area contributed by atoms with Crippen molar-refractivity contribution in [2.75, 3.05) is 53.4 Å². The molecule has 0 N–H and O–H groups in total. The highest BCUT2D eigenvalue weighted by molar-refractivity contribution is 5.81. The van der Waals surface area contributed by atoms with Crippen LogP contribution in [-0.2, 0) is 9.59 Å². The third-order valence-electron chi connectivity index (χ3n) is 7.50. The molecule has 3 rings (SSSR count). The highest BCUT2D eigenvalue weighted by Gasteiger charge is 2.45. The minimum absolute atomic E-state index is 0.146. The molecular formula is C23H42N4O2. The van der Waals surface area contributed by atoms with Gasteiger partial charge in [0.1, 0.15) is 0 Å². The minimum Gasteiger partial charge on any atom is -0.335 e. The molecule has 1 aliphatic carbocycles. The summed E-state index contributed by atoms with van der Waals surface area (Å²) in [5.74, 6) is 0.492. The fraction of sp³-hybridized carbons (Fsp3) is 0.913. The van der Waals surface area contributed by atoms with Gasteiger partial charge in [0.05, 0.1) is 0 Å². The van der Waals surface area contributed by atoms with Gasteiger partial charge in [0.25, 0.3) is 0 Å². The van der Waals surface area contributed by atoms with Crippen LogP contribution in [0, 0.1) is 5.41 Å². The molecule has 29 heavy (non-hydrogen) atoms. The van der Waals surface area contributed by atoms with Gasteiger partial charge in [-0.3, -0.25) is 9.59 Å². The molecule has 3 fully saturated rings. The third kappa shape index (κ3) is 4.96. The van der Waals surface area contributed by atoms with Crippen LogP contribution in [0.4, 0.5) is 0 Å². The van der Waals surface area contributed by atoms with Crippen LogP contribution in [0.2, 0.25) is 0 Å². The fourth-order valence-electron chi connectivity index (χ4n) is 6.09. The van der Waals surface area contributed by atoms with Gasteiger partial charge in [-0.2, -0.15) is 0 Å². The molecule has 0 atom stereocenters. The normalized spacial score (nSPS) is 27.2. The summed E-state index contributed by atoms with van der Waals surface area (Å²) >= 11 is 0. The van der Waals surface area contributed by atoms with E-state index in [0.29, 0.717) is 12.8 Å². The Bertz CT molecular complexity index is 576. The molecule has 0 radical (unpaired) electrons. The molecule has 2 amide bonds. The van der Waals surface area contributed by atoms with Crippen molar-refractivity contribution in [1.29, 1.82) is 0 Å². The van der Waals surface area contributed by atoms with Gasteiger partial charge in [0.2, 0.25) is 11.8 Å². The molecule has 6 nitrogen and oxygen atoms in total. The predicted molar refractivity (Wildman–Crippen MR) is 117 cm³/mol. The van der Waals surface area contributed by atoms with Crippen molar-refractivity contribution in [3.05, 3.63) is 0 Å². The number of carbonyl (C=O) groups is 2. The number of hydrogen-bond acceptors (Lipinski definition) is 4. The van der Waals surface area contributed by atoms with Gasteiger partial charge in [-0.15, -0.1) is 0 Å². The number of amides is 2. The zero-order chi connectivity index (χ0) is 21.4. The van der Waals surface area contributed by atoms with Crippen LogP contribution >= 0.6 is 0 Å². The first kappa shape index (κ1) is 22.5. The number of rotatable bonds is 4. The molecular weight excluding hydrogens is 364 g/mol. The van der Waals surface area contributed by atoms with E-state index in [4.69, 9.17) is 0 Å². The summed E-state index contributed by atoms with van der Waals surface area (Å²) in [7, 11) is 4.25. The number of carbonyl (C=O) groups excluding carboxylic acids is 2. The molecule has 166 valence electrons. The smallest absolute Gasteiger partial charge is 0.223 e. The molecule has 0 aromatic rings. The van der Waals surface area contributed by atoms with Crippen molar-refractivity contribution in [2.45, 2.75) is 77.3 Å². The van der Waals surface area contributed by atoms with E-state index in [1.165, 1.54) is 0 Å². The standard InChI is InChI=1S/C23H42N4O2/c1-21(2)17-24(5)11-13-26(21)19(28)15-23(9-7-8-10-23)16-20(29)27-14-12-25(6)18-22(27,3)4/h7-18H2,1-6H3. The average Bonchev–Trinajstić information content (AvgIpc) is 3.00. The topological polar surface area (TPSA) is 47.1 Å². The Morgan fingerprint density at radius 2 is 1.07 bits per heavy atom. The monoisotopic (exact) mass is 406 g/mol. The van der Waals surface area contributed by atoms with Gasteiger partial charge >= 0.3 is 0 Å². The molecule has 0 aromatic carbocycles. The van der Waals surface area contributed by atoms with Gasteiger partial charge in [-0.25, -0.2) is 0 Å². The van der Waals surface area contributed by atoms with E-state index in [0.717, 1.165) is 65.0 Å². The van der Waals surface area contributed by atoms with Gasteiger partial charge in [-0.1, -0.05) is 12.8 Å². The third-order valence-corrected chi connectivity index (χ3v) is 7.50. The fourth-order valence-corrected chi connectivity index (χ4v) is 6.09. The van der Waals surface area contributed by atoms with Crippen molar-refractivity contribution < 1.29 is 9.59 Å². The number of piperazine rings is 2. The molecule has 0 spiro atoms. The maximum atomic E-state index is 13.4. The van der Waals surface area contributed by atoms with Crippen molar-refractivity contribution in [2.24, 2.45) is 5.41 Å². The van der Waals surface area contributed by atoms with E-state index in [-0.39, 0.29) is 28.3 Å². The van der Waals surface area contributed by atoms with Gasteiger partial charge in [0.15, 0.2) is 0 Å². The molecule has 0 unspecified atom stereocenters. The Kier molecular flexibility index (Phi) is 6.36. The lowest BCUT2D eigenvalue weighted by Crippen LogP contribution is -2.61. The first-order valence-electron chi connectivity index (χ1n) is 11.4. The van der Waals surface area contributed by atoms with E-state index < -0.39 is 0 Å². The van der Waals surface area contributed by atoms with E-state index in [9.17, 15) is 9.59 Å². The second kappa shape index (κ2) is 8.18. The first-order chi connectivity index (χ1) is 13.4. The van der Waals surface area contributed by atoms with Crippen molar-refractivity contribution in [1.82, 2.24) is 19.6 Å². The van der Waals surface area contributed by atoms with Crippen LogP contribution in [0.3, 0.4) is 0 Å². The molecule has 6 heteroatoms. The Balaban J connectivity index is 1.70. The summed E-state index contributed by atoms with van der Waals surface area (Å²) in [6.07, 6.45) is 5.34. The second-order valence-electron chi connectivity index (χ2n) is 11.3. The van der Waals surface area contributed by atoms with Gasteiger partial charge in [0, 0.05) is 63.2 Å². The number of hydrogen-bond donors (Lipinski definition) is 0. The zero-order valence-electron chi connectivity index (χ0n) is 19.6. The predicted octanol–water partition coefficient (Wildman–Crippen LogP) is 2.43. The maximum absolute atomic E-state index is 13.4. The molecule has 3 aliphatic rings. The van der Waals surface area contributed by atoms with Gasteiger partial charge in [-0.05, 0) is 60.0 Å². The van der Waals surface area contributed by atoms with Crippen LogP contribution in [0.15, 0.2) is 0 Å². The van der Waals surface area contributed by atoms with E-state index >= 15 is 0 Å². The van der Waals surface area contributed by atoms with Crippen LogP contribution in [0.5, 0.6) is 0 Å². The SMILES string of the molecule is CN1CCN(C(=O)CC2(CC(=O)N3CCN(C)CC3(C)C)CCCC2)C(C)(C)C1. The van der Waals surface area contributed by atoms with Crippen LogP contribution in [0.25, 0.3) is 0 Å². The Hall–Kier alpha value is -1.14. The first-order valence-corrected chi connectivity index (χ1v) is 11.4. The van der Waals surface area contributed by atoms with Crippen LogP contribution < -0.4 is 0 Å². The zero-order valence-corrected chi connectivity index (χ0v) is 19.6. The summed E-state index contributed by atoms with van der Waals surface area (Å²) in [4.78, 5) is 35.5. The van der Waals surface area contributed by atoms with Gasteiger partial charge < -0.3 is 19.6 Å². The van der Waals surface area contributed by atoms with Crippen molar-refractivity contribution in [3.8, 4) is 0 Å². The highest BCUT2D eigenvalue weighted by atomic mass is 16.2. The minimum atomic E-state index is -0.146. The molecule has 2 heterocycles.